The third kappa shape index (κ3) is 1.79. The molecule has 0 saturated carbocycles. The summed E-state index contributed by atoms with van der Waals surface area (Å²) in [5.41, 5.74) is 1.55. The van der Waals surface area contributed by atoms with Crippen molar-refractivity contribution in [3.8, 4) is 0 Å². The maximum Gasteiger partial charge on any atom is 0.306 e. The number of aliphatic carboxylic acids is 1. The van der Waals surface area contributed by atoms with Crippen LogP contribution in [0.2, 0.25) is 0 Å². The molecule has 0 amide bonds. The number of carboxylic acids is 1. The summed E-state index contributed by atoms with van der Waals surface area (Å²) in [4.78, 5) is 10.6. The van der Waals surface area contributed by atoms with E-state index in [9.17, 15) is 9.90 Å². The highest BCUT2D eigenvalue weighted by atomic mass is 16.4. The first-order valence-electron chi connectivity index (χ1n) is 5.03. The second-order valence-electron chi connectivity index (χ2n) is 3.83. The number of carbonyl (C=O) groups is 1. The highest BCUT2D eigenvalue weighted by Crippen LogP contribution is 2.26. The predicted octanol–water partition coefficient (Wildman–Crippen LogP) is 1.69. The lowest BCUT2D eigenvalue weighted by atomic mass is 10.0. The third-order valence-corrected chi connectivity index (χ3v) is 2.66. The van der Waals surface area contributed by atoms with Gasteiger partial charge < -0.3 is 14.8 Å². The van der Waals surface area contributed by atoms with Crippen LogP contribution >= 0.6 is 0 Å². The highest BCUT2D eigenvalue weighted by molar-refractivity contribution is 5.84. The second-order valence-corrected chi connectivity index (χ2v) is 3.83. The number of aryl methyl sites for hydroxylation is 1. The fraction of sp³-hybridized carbons (Fsp3) is 0.250. The Morgan fingerprint density at radius 2 is 2.19 bits per heavy atom. The van der Waals surface area contributed by atoms with Gasteiger partial charge in [-0.15, -0.1) is 0 Å². The first-order chi connectivity index (χ1) is 7.59. The summed E-state index contributed by atoms with van der Waals surface area (Å²) >= 11 is 0. The molecule has 84 valence electrons. The van der Waals surface area contributed by atoms with Crippen LogP contribution in [0.4, 0.5) is 0 Å². The van der Waals surface area contributed by atoms with Gasteiger partial charge in [-0.3, -0.25) is 4.79 Å². The number of hydrogen-bond donors (Lipinski definition) is 2. The minimum Gasteiger partial charge on any atom is -0.481 e. The van der Waals surface area contributed by atoms with Crippen LogP contribution in [0.25, 0.3) is 10.9 Å². The molecule has 0 unspecified atom stereocenters. The molecule has 0 aliphatic rings. The van der Waals surface area contributed by atoms with Crippen molar-refractivity contribution in [1.82, 2.24) is 4.57 Å². The Morgan fingerprint density at radius 3 is 2.88 bits per heavy atom. The van der Waals surface area contributed by atoms with E-state index in [1.807, 2.05) is 36.0 Å². The lowest BCUT2D eigenvalue weighted by Gasteiger charge is -2.11. The number of rotatable bonds is 3. The lowest BCUT2D eigenvalue weighted by Crippen LogP contribution is -2.06. The molecule has 1 aromatic carbocycles. The molecule has 1 atom stereocenters. The summed E-state index contributed by atoms with van der Waals surface area (Å²) in [6, 6.07) is 7.46. The number of carboxylic acid groups (broad SMARTS) is 1. The summed E-state index contributed by atoms with van der Waals surface area (Å²) < 4.78 is 1.88. The average molecular weight is 219 g/mol. The first kappa shape index (κ1) is 10.7. The molecule has 0 bridgehead atoms. The summed E-state index contributed by atoms with van der Waals surface area (Å²) in [5.74, 6) is -1.00. The van der Waals surface area contributed by atoms with Gasteiger partial charge in [-0.1, -0.05) is 18.2 Å². The normalized spacial score (nSPS) is 12.9. The quantitative estimate of drug-likeness (QED) is 0.825. The molecular weight excluding hydrogens is 206 g/mol. The van der Waals surface area contributed by atoms with Crippen LogP contribution in [0.15, 0.2) is 30.5 Å². The Labute approximate surface area is 92.7 Å². The van der Waals surface area contributed by atoms with Gasteiger partial charge in [0.1, 0.15) is 0 Å². The Morgan fingerprint density at radius 1 is 1.44 bits per heavy atom. The molecule has 4 nitrogen and oxygen atoms in total. The monoisotopic (exact) mass is 219 g/mol. The van der Waals surface area contributed by atoms with Crippen LogP contribution in [-0.4, -0.2) is 20.7 Å². The summed E-state index contributed by atoms with van der Waals surface area (Å²) in [6.45, 7) is 0. The Balaban J connectivity index is 2.50. The summed E-state index contributed by atoms with van der Waals surface area (Å²) in [6.07, 6.45) is 0.654. The number of hydrogen-bond acceptors (Lipinski definition) is 2. The molecule has 2 aromatic rings. The zero-order valence-corrected chi connectivity index (χ0v) is 8.92. The van der Waals surface area contributed by atoms with E-state index < -0.39 is 12.1 Å². The molecule has 4 heteroatoms. The molecule has 0 aliphatic heterocycles. The average Bonchev–Trinajstić information content (AvgIpc) is 2.59. The Kier molecular flexibility index (Phi) is 2.66. The van der Waals surface area contributed by atoms with Gasteiger partial charge in [0.15, 0.2) is 0 Å². The van der Waals surface area contributed by atoms with Crippen molar-refractivity contribution in [2.24, 2.45) is 7.05 Å². The van der Waals surface area contributed by atoms with E-state index in [-0.39, 0.29) is 6.42 Å². The van der Waals surface area contributed by atoms with Gasteiger partial charge in [-0.25, -0.2) is 0 Å². The van der Waals surface area contributed by atoms with E-state index in [1.54, 1.807) is 6.07 Å². The molecule has 1 heterocycles. The minimum absolute atomic E-state index is 0.274. The number of para-hydroxylation sites is 1. The van der Waals surface area contributed by atoms with Crippen LogP contribution in [0.5, 0.6) is 0 Å². The third-order valence-electron chi connectivity index (χ3n) is 2.66. The fourth-order valence-corrected chi connectivity index (χ4v) is 1.93. The Hall–Kier alpha value is -1.81. The van der Waals surface area contributed by atoms with Crippen LogP contribution < -0.4 is 0 Å². The first-order valence-corrected chi connectivity index (χ1v) is 5.03. The van der Waals surface area contributed by atoms with Gasteiger partial charge in [0.05, 0.1) is 18.0 Å². The Bertz CT molecular complexity index is 530. The van der Waals surface area contributed by atoms with Crippen molar-refractivity contribution in [1.29, 1.82) is 0 Å². The highest BCUT2D eigenvalue weighted by Gasteiger charge is 2.16. The summed E-state index contributed by atoms with van der Waals surface area (Å²) in [7, 11) is 1.87. The van der Waals surface area contributed by atoms with Crippen molar-refractivity contribution in [2.75, 3.05) is 0 Å². The number of aromatic nitrogens is 1. The molecule has 2 rings (SSSR count). The molecule has 0 aliphatic carbocycles. The molecule has 2 N–H and O–H groups in total. The second kappa shape index (κ2) is 3.98. The van der Waals surface area contributed by atoms with E-state index in [4.69, 9.17) is 5.11 Å². The number of aliphatic hydroxyl groups excluding tert-OH is 1. The molecule has 1 aromatic heterocycles. The maximum absolute atomic E-state index is 10.6. The number of nitrogens with zero attached hydrogens (tertiary/aromatic N) is 1. The van der Waals surface area contributed by atoms with Gasteiger partial charge in [-0.2, -0.15) is 0 Å². The van der Waals surface area contributed by atoms with Crippen molar-refractivity contribution < 1.29 is 15.0 Å². The standard InChI is InChI=1S/C12H13NO3/c1-13-6-5-8-3-2-4-9(12(8)13)10(14)7-11(15)16/h2-6,10,14H,7H2,1H3,(H,15,16)/t10-/m0/s1. The lowest BCUT2D eigenvalue weighted by molar-refractivity contribution is -0.139. The molecule has 0 saturated heterocycles. The largest absolute Gasteiger partial charge is 0.481 e. The van der Waals surface area contributed by atoms with Gasteiger partial charge in [-0.05, 0) is 11.5 Å². The van der Waals surface area contributed by atoms with Gasteiger partial charge in [0.2, 0.25) is 0 Å². The SMILES string of the molecule is Cn1ccc2cccc([C@@H](O)CC(=O)O)c21. The van der Waals surface area contributed by atoms with Crippen LogP contribution in [-0.2, 0) is 11.8 Å². The van der Waals surface area contributed by atoms with E-state index in [2.05, 4.69) is 0 Å². The smallest absolute Gasteiger partial charge is 0.306 e. The van der Waals surface area contributed by atoms with Gasteiger partial charge >= 0.3 is 5.97 Å². The van der Waals surface area contributed by atoms with Crippen molar-refractivity contribution in [3.05, 3.63) is 36.0 Å². The van der Waals surface area contributed by atoms with E-state index in [0.717, 1.165) is 10.9 Å². The molecule has 0 fully saturated rings. The number of benzene rings is 1. The topological polar surface area (TPSA) is 62.5 Å². The van der Waals surface area contributed by atoms with E-state index in [0.29, 0.717) is 5.56 Å². The van der Waals surface area contributed by atoms with Crippen molar-refractivity contribution >= 4 is 16.9 Å². The van der Waals surface area contributed by atoms with E-state index in [1.165, 1.54) is 0 Å². The zero-order chi connectivity index (χ0) is 11.7. The van der Waals surface area contributed by atoms with Crippen LogP contribution in [0.3, 0.4) is 0 Å². The number of aliphatic hydroxyl groups is 1. The van der Waals surface area contributed by atoms with Crippen LogP contribution in [0.1, 0.15) is 18.1 Å². The fourth-order valence-electron chi connectivity index (χ4n) is 1.93. The maximum atomic E-state index is 10.6. The van der Waals surface area contributed by atoms with E-state index >= 15 is 0 Å². The molecule has 0 spiro atoms. The van der Waals surface area contributed by atoms with Gasteiger partial charge in [0.25, 0.3) is 0 Å². The van der Waals surface area contributed by atoms with Crippen molar-refractivity contribution in [3.63, 3.8) is 0 Å². The van der Waals surface area contributed by atoms with Crippen LogP contribution in [0, 0.1) is 0 Å². The van der Waals surface area contributed by atoms with Gasteiger partial charge in [0, 0.05) is 18.8 Å². The molecule has 16 heavy (non-hydrogen) atoms. The minimum atomic E-state index is -1.00. The molecular formula is C12H13NO3. The predicted molar refractivity (Wildman–Crippen MR) is 60.1 cm³/mol. The van der Waals surface area contributed by atoms with Crippen molar-refractivity contribution in [2.45, 2.75) is 12.5 Å². The summed E-state index contributed by atoms with van der Waals surface area (Å²) in [5, 5.41) is 19.5. The molecule has 0 radical (unpaired) electrons. The number of fused-ring (bicyclic) bond motifs is 1. The zero-order valence-electron chi connectivity index (χ0n) is 8.92.